The monoisotopic (exact) mass is 348 g/mol. The molecule has 26 heavy (non-hydrogen) atoms. The van der Waals surface area contributed by atoms with Crippen molar-refractivity contribution in [2.24, 2.45) is 0 Å². The van der Waals surface area contributed by atoms with Crippen LogP contribution in [0.15, 0.2) is 72.8 Å². The molecule has 0 fully saturated rings. The number of ether oxygens (including phenoxy) is 1. The van der Waals surface area contributed by atoms with Crippen LogP contribution in [0.5, 0.6) is 11.5 Å². The molecule has 2 N–H and O–H groups in total. The Bertz CT molecular complexity index is 962. The number of para-hydroxylation sites is 2. The first-order valence-corrected chi connectivity index (χ1v) is 7.95. The molecular formula is C21H16O5. The second-order valence-electron chi connectivity index (χ2n) is 5.65. The summed E-state index contributed by atoms with van der Waals surface area (Å²) in [7, 11) is 0. The predicted octanol–water partition coefficient (Wildman–Crippen LogP) is 3.90. The fourth-order valence-corrected chi connectivity index (χ4v) is 2.64. The van der Waals surface area contributed by atoms with Crippen LogP contribution in [0.4, 0.5) is 0 Å². The van der Waals surface area contributed by atoms with Crippen LogP contribution in [0.2, 0.25) is 0 Å². The molecule has 5 nitrogen and oxygen atoms in total. The molecule has 0 heterocycles. The van der Waals surface area contributed by atoms with Crippen molar-refractivity contribution in [3.8, 4) is 11.5 Å². The third kappa shape index (κ3) is 3.72. The van der Waals surface area contributed by atoms with E-state index in [1.807, 2.05) is 0 Å². The van der Waals surface area contributed by atoms with Crippen LogP contribution in [0.1, 0.15) is 31.8 Å². The van der Waals surface area contributed by atoms with Gasteiger partial charge in [0.1, 0.15) is 17.1 Å². The minimum Gasteiger partial charge on any atom is -0.507 e. The van der Waals surface area contributed by atoms with Gasteiger partial charge in [0.2, 0.25) is 0 Å². The van der Waals surface area contributed by atoms with Crippen molar-refractivity contribution in [2.75, 3.05) is 0 Å². The highest BCUT2D eigenvalue weighted by atomic mass is 16.5. The van der Waals surface area contributed by atoms with Crippen LogP contribution in [0.25, 0.3) is 0 Å². The highest BCUT2D eigenvalue weighted by molar-refractivity contribution is 5.94. The van der Waals surface area contributed by atoms with Crippen LogP contribution in [0.3, 0.4) is 0 Å². The molecule has 3 aromatic rings. The van der Waals surface area contributed by atoms with Crippen LogP contribution in [-0.4, -0.2) is 22.2 Å². The van der Waals surface area contributed by atoms with Crippen molar-refractivity contribution in [2.45, 2.75) is 6.42 Å². The number of phenolic OH excluding ortho intramolecular Hbond substituents is 1. The highest BCUT2D eigenvalue weighted by Crippen LogP contribution is 2.25. The van der Waals surface area contributed by atoms with Crippen molar-refractivity contribution in [1.82, 2.24) is 0 Å². The zero-order valence-corrected chi connectivity index (χ0v) is 13.8. The molecule has 0 bridgehead atoms. The van der Waals surface area contributed by atoms with E-state index < -0.39 is 11.9 Å². The molecule has 0 radical (unpaired) electrons. The van der Waals surface area contributed by atoms with Crippen LogP contribution in [-0.2, 0) is 6.42 Å². The molecular weight excluding hydrogens is 332 g/mol. The fraction of sp³-hybridized carbons (Fsp3) is 0.0476. The predicted molar refractivity (Wildman–Crippen MR) is 95.7 cm³/mol. The van der Waals surface area contributed by atoms with Gasteiger partial charge in [0.05, 0.1) is 5.56 Å². The van der Waals surface area contributed by atoms with Crippen molar-refractivity contribution in [3.05, 3.63) is 95.1 Å². The van der Waals surface area contributed by atoms with E-state index in [9.17, 15) is 19.8 Å². The minimum absolute atomic E-state index is 0.0632. The van der Waals surface area contributed by atoms with Crippen molar-refractivity contribution in [1.29, 1.82) is 0 Å². The van der Waals surface area contributed by atoms with Gasteiger partial charge in [-0.25, -0.2) is 9.59 Å². The van der Waals surface area contributed by atoms with Crippen molar-refractivity contribution < 1.29 is 24.5 Å². The zero-order chi connectivity index (χ0) is 18.5. The first-order chi connectivity index (χ1) is 12.6. The standard InChI is InChI=1S/C21H16O5/c22-18-11-5-4-10-17(18)21(25)26-19-12-6-2-8-15(19)13-14-7-1-3-9-16(14)20(23)24/h1-12,22H,13H2,(H,23,24). The Morgan fingerprint density at radius 3 is 2.04 bits per heavy atom. The molecule has 0 saturated carbocycles. The quantitative estimate of drug-likeness (QED) is 0.540. The van der Waals surface area contributed by atoms with E-state index in [1.165, 1.54) is 18.2 Å². The van der Waals surface area contributed by atoms with Gasteiger partial charge < -0.3 is 14.9 Å². The summed E-state index contributed by atoms with van der Waals surface area (Å²) in [6, 6.07) is 19.7. The Kier molecular flexibility index (Phi) is 4.99. The van der Waals surface area contributed by atoms with Crippen molar-refractivity contribution in [3.63, 3.8) is 0 Å². The topological polar surface area (TPSA) is 83.8 Å². The zero-order valence-electron chi connectivity index (χ0n) is 13.8. The number of carboxylic acid groups (broad SMARTS) is 1. The normalized spacial score (nSPS) is 10.3. The van der Waals surface area contributed by atoms with E-state index >= 15 is 0 Å². The molecule has 3 aromatic carbocycles. The SMILES string of the molecule is O=C(Oc1ccccc1Cc1ccccc1C(=O)O)c1ccccc1O. The van der Waals surface area contributed by atoms with Crippen molar-refractivity contribution >= 4 is 11.9 Å². The first-order valence-electron chi connectivity index (χ1n) is 7.95. The lowest BCUT2D eigenvalue weighted by molar-refractivity contribution is 0.0692. The molecule has 0 saturated heterocycles. The maximum absolute atomic E-state index is 12.3. The average Bonchev–Trinajstić information content (AvgIpc) is 2.64. The number of hydrogen-bond donors (Lipinski definition) is 2. The lowest BCUT2D eigenvalue weighted by atomic mass is 9.99. The number of hydrogen-bond acceptors (Lipinski definition) is 4. The number of carboxylic acids is 1. The largest absolute Gasteiger partial charge is 0.507 e. The fourth-order valence-electron chi connectivity index (χ4n) is 2.64. The van der Waals surface area contributed by atoms with E-state index in [0.717, 1.165) is 0 Å². The van der Waals surface area contributed by atoms with E-state index in [-0.39, 0.29) is 16.9 Å². The Hall–Kier alpha value is -3.60. The Balaban J connectivity index is 1.89. The summed E-state index contributed by atoms with van der Waals surface area (Å²) in [6.45, 7) is 0. The number of benzene rings is 3. The van der Waals surface area contributed by atoms with Gasteiger partial charge in [-0.3, -0.25) is 0 Å². The van der Waals surface area contributed by atoms with Gasteiger partial charge in [0.25, 0.3) is 0 Å². The van der Waals surface area contributed by atoms with Crippen LogP contribution in [0, 0.1) is 0 Å². The van der Waals surface area contributed by atoms with Gasteiger partial charge in [-0.15, -0.1) is 0 Å². The Morgan fingerprint density at radius 2 is 1.35 bits per heavy atom. The summed E-state index contributed by atoms with van der Waals surface area (Å²) < 4.78 is 5.44. The Labute approximate surface area is 150 Å². The van der Waals surface area contributed by atoms with Gasteiger partial charge in [-0.05, 0) is 35.4 Å². The Morgan fingerprint density at radius 1 is 0.769 bits per heavy atom. The molecule has 0 amide bonds. The summed E-state index contributed by atoms with van der Waals surface area (Å²) >= 11 is 0. The molecule has 0 unspecified atom stereocenters. The number of phenols is 1. The van der Waals surface area contributed by atoms with Gasteiger partial charge in [0, 0.05) is 6.42 Å². The molecule has 5 heteroatoms. The smallest absolute Gasteiger partial charge is 0.347 e. The maximum atomic E-state index is 12.3. The number of aromatic hydroxyl groups is 1. The lowest BCUT2D eigenvalue weighted by Crippen LogP contribution is -2.10. The number of aromatic carboxylic acids is 1. The molecule has 0 atom stereocenters. The van der Waals surface area contributed by atoms with Crippen LogP contribution < -0.4 is 4.74 Å². The molecule has 0 aliphatic rings. The summed E-state index contributed by atoms with van der Waals surface area (Å²) in [5.74, 6) is -1.53. The number of rotatable bonds is 5. The van der Waals surface area contributed by atoms with Gasteiger partial charge >= 0.3 is 11.9 Å². The third-order valence-electron chi connectivity index (χ3n) is 3.93. The minimum atomic E-state index is -1.01. The summed E-state index contributed by atoms with van der Waals surface area (Å²) in [6.07, 6.45) is 0.298. The van der Waals surface area contributed by atoms with Gasteiger partial charge in [0.15, 0.2) is 0 Å². The van der Waals surface area contributed by atoms with E-state index in [1.54, 1.807) is 54.6 Å². The molecule has 0 aliphatic carbocycles. The van der Waals surface area contributed by atoms with E-state index in [2.05, 4.69) is 0 Å². The molecule has 3 rings (SSSR count). The first kappa shape index (κ1) is 17.2. The maximum Gasteiger partial charge on any atom is 0.347 e. The number of carbonyl (C=O) groups is 2. The second-order valence-corrected chi connectivity index (χ2v) is 5.65. The second kappa shape index (κ2) is 7.53. The average molecular weight is 348 g/mol. The van der Waals surface area contributed by atoms with Crippen LogP contribution >= 0.6 is 0 Å². The van der Waals surface area contributed by atoms with E-state index in [4.69, 9.17) is 4.74 Å². The summed E-state index contributed by atoms with van der Waals surface area (Å²) in [5.41, 5.74) is 1.55. The number of carbonyl (C=O) groups excluding carboxylic acids is 1. The van der Waals surface area contributed by atoms with E-state index in [0.29, 0.717) is 23.3 Å². The molecule has 0 spiro atoms. The highest BCUT2D eigenvalue weighted by Gasteiger charge is 2.16. The van der Waals surface area contributed by atoms with Gasteiger partial charge in [-0.2, -0.15) is 0 Å². The van der Waals surface area contributed by atoms with Gasteiger partial charge in [-0.1, -0.05) is 48.5 Å². The molecule has 130 valence electrons. The third-order valence-corrected chi connectivity index (χ3v) is 3.93. The summed E-state index contributed by atoms with van der Waals surface area (Å²) in [5, 5.41) is 19.1. The molecule has 0 aromatic heterocycles. The lowest BCUT2D eigenvalue weighted by Gasteiger charge is -2.12. The summed E-state index contributed by atoms with van der Waals surface area (Å²) in [4.78, 5) is 23.7. The number of esters is 1. The molecule has 0 aliphatic heterocycles.